The van der Waals surface area contributed by atoms with Crippen LogP contribution in [0.2, 0.25) is 0 Å². The van der Waals surface area contributed by atoms with E-state index in [-0.39, 0.29) is 51.7 Å². The summed E-state index contributed by atoms with van der Waals surface area (Å²) in [6.45, 7) is 0.193. The van der Waals surface area contributed by atoms with Gasteiger partial charge >= 0.3 is 5.97 Å². The van der Waals surface area contributed by atoms with Crippen LogP contribution in [0.3, 0.4) is 0 Å². The molecule has 2 aromatic carbocycles. The Morgan fingerprint density at radius 2 is 1.47 bits per heavy atom. The highest BCUT2D eigenvalue weighted by Gasteiger charge is 2.66. The van der Waals surface area contributed by atoms with Crippen LogP contribution in [0.15, 0.2) is 54.6 Å². The van der Waals surface area contributed by atoms with Gasteiger partial charge < -0.3 is 4.74 Å². The monoisotopic (exact) mass is 531 g/mol. The average Bonchev–Trinajstić information content (AvgIpc) is 3.38. The number of amides is 2. The second kappa shape index (κ2) is 7.61. The Morgan fingerprint density at radius 3 is 2.03 bits per heavy atom. The number of rotatable bonds is 4. The normalized spacial score (nSPS) is 31.9. The number of fused-ring (bicyclic) bond motifs is 5. The van der Waals surface area contributed by atoms with Crippen molar-refractivity contribution in [3.63, 3.8) is 0 Å². The molecule has 2 bridgehead atoms. The number of hydrogen-bond acceptors (Lipinski definition) is 4. The molecule has 2 amide bonds. The number of anilines is 1. The lowest BCUT2D eigenvalue weighted by Gasteiger charge is -2.28. The number of esters is 1. The number of alkyl halides is 2. The quantitative estimate of drug-likeness (QED) is 0.334. The fraction of sp³-hybridized carbons (Fsp3) is 0.348. The maximum absolute atomic E-state index is 13.1. The van der Waals surface area contributed by atoms with Crippen LogP contribution in [0.5, 0.6) is 0 Å². The summed E-state index contributed by atoms with van der Waals surface area (Å²) in [5, 5.41) is 0. The molecule has 1 heterocycles. The van der Waals surface area contributed by atoms with Crippen LogP contribution >= 0.6 is 31.9 Å². The van der Waals surface area contributed by atoms with Crippen molar-refractivity contribution < 1.29 is 19.1 Å². The predicted octanol–water partition coefficient (Wildman–Crippen LogP) is 4.33. The molecule has 0 unspecified atom stereocenters. The van der Waals surface area contributed by atoms with Crippen LogP contribution in [-0.4, -0.2) is 27.4 Å². The highest BCUT2D eigenvalue weighted by atomic mass is 79.9. The van der Waals surface area contributed by atoms with Gasteiger partial charge in [0.25, 0.3) is 0 Å². The lowest BCUT2D eigenvalue weighted by atomic mass is 9.81. The Bertz CT molecular complexity index is 978. The van der Waals surface area contributed by atoms with Crippen LogP contribution in [0.1, 0.15) is 22.3 Å². The van der Waals surface area contributed by atoms with E-state index < -0.39 is 5.97 Å². The number of carbonyl (C=O) groups is 3. The minimum Gasteiger partial charge on any atom is -0.457 e. The number of carbonyl (C=O) groups excluding carboxylic acids is 3. The van der Waals surface area contributed by atoms with Crippen LogP contribution in [0, 0.1) is 23.7 Å². The molecule has 3 fully saturated rings. The second-order valence-electron chi connectivity index (χ2n) is 8.12. The minimum atomic E-state index is -0.441. The molecule has 30 heavy (non-hydrogen) atoms. The Balaban J connectivity index is 1.31. The molecule has 2 aliphatic carbocycles. The molecule has 0 aromatic heterocycles. The molecule has 5 nitrogen and oxygen atoms in total. The number of hydrogen-bond donors (Lipinski definition) is 0. The maximum atomic E-state index is 13.1. The zero-order chi connectivity index (χ0) is 21.0. The molecule has 1 saturated heterocycles. The first-order chi connectivity index (χ1) is 14.5. The summed E-state index contributed by atoms with van der Waals surface area (Å²) in [5.41, 5.74) is 1.80. The molecular weight excluding hydrogens is 514 g/mol. The van der Waals surface area contributed by atoms with Gasteiger partial charge in [0.2, 0.25) is 11.8 Å². The Morgan fingerprint density at radius 1 is 0.900 bits per heavy atom. The van der Waals surface area contributed by atoms with Crippen LogP contribution < -0.4 is 4.90 Å². The fourth-order valence-electron chi connectivity index (χ4n) is 5.16. The van der Waals surface area contributed by atoms with Gasteiger partial charge in [-0.3, -0.25) is 14.5 Å². The van der Waals surface area contributed by atoms with Crippen molar-refractivity contribution in [3.8, 4) is 0 Å². The molecular formula is C23H19Br2NO4. The number of ether oxygens (including phenoxy) is 1. The predicted molar refractivity (Wildman–Crippen MR) is 119 cm³/mol. The van der Waals surface area contributed by atoms with Gasteiger partial charge in [0.15, 0.2) is 0 Å². The summed E-state index contributed by atoms with van der Waals surface area (Å²) >= 11 is 7.39. The van der Waals surface area contributed by atoms with Gasteiger partial charge in [-0.1, -0.05) is 62.2 Å². The summed E-state index contributed by atoms with van der Waals surface area (Å²) in [4.78, 5) is 40.2. The van der Waals surface area contributed by atoms with Crippen LogP contribution in [-0.2, 0) is 20.9 Å². The Labute approximate surface area is 191 Å². The lowest BCUT2D eigenvalue weighted by Crippen LogP contribution is -2.37. The zero-order valence-corrected chi connectivity index (χ0v) is 19.1. The Kier molecular flexibility index (Phi) is 5.06. The molecule has 154 valence electrons. The number of halogens is 2. The van der Waals surface area contributed by atoms with Crippen molar-refractivity contribution >= 4 is 55.3 Å². The molecule has 2 saturated carbocycles. The van der Waals surface area contributed by atoms with Crippen molar-refractivity contribution in [1.82, 2.24) is 0 Å². The standard InChI is InChI=1S/C23H19Br2NO4/c24-19-15-10-16(20(19)25)18-17(15)21(27)26(22(18)28)14-8-6-13(7-9-14)23(29)30-11-12-4-2-1-3-5-12/h1-9,15-20H,10-11H2/t15-,16-,17-,18+,19-,20+/m1/s1. The van der Waals surface area contributed by atoms with Crippen molar-refractivity contribution in [3.05, 3.63) is 65.7 Å². The largest absolute Gasteiger partial charge is 0.457 e. The fourth-order valence-corrected chi connectivity index (χ4v) is 7.03. The van der Waals surface area contributed by atoms with E-state index in [1.165, 1.54) is 4.90 Å². The van der Waals surface area contributed by atoms with E-state index in [2.05, 4.69) is 31.9 Å². The van der Waals surface area contributed by atoms with Gasteiger partial charge in [-0.05, 0) is 48.1 Å². The van der Waals surface area contributed by atoms with Gasteiger partial charge in [0, 0.05) is 9.65 Å². The second-order valence-corrected chi connectivity index (χ2v) is 10.2. The van der Waals surface area contributed by atoms with Crippen LogP contribution in [0.4, 0.5) is 5.69 Å². The highest BCUT2D eigenvalue weighted by molar-refractivity contribution is 9.12. The van der Waals surface area contributed by atoms with Crippen molar-refractivity contribution in [2.75, 3.05) is 4.90 Å². The first-order valence-electron chi connectivity index (χ1n) is 9.94. The molecule has 0 spiro atoms. The molecule has 0 N–H and O–H groups in total. The molecule has 0 radical (unpaired) electrons. The van der Waals surface area contributed by atoms with E-state index in [0.717, 1.165) is 12.0 Å². The first-order valence-corrected chi connectivity index (χ1v) is 11.8. The maximum Gasteiger partial charge on any atom is 0.338 e. The van der Waals surface area contributed by atoms with E-state index in [9.17, 15) is 14.4 Å². The van der Waals surface area contributed by atoms with E-state index in [0.29, 0.717) is 11.3 Å². The van der Waals surface area contributed by atoms with Crippen molar-refractivity contribution in [2.45, 2.75) is 22.7 Å². The summed E-state index contributed by atoms with van der Waals surface area (Å²) in [5.74, 6) is -0.839. The summed E-state index contributed by atoms with van der Waals surface area (Å²) in [7, 11) is 0. The third-order valence-corrected chi connectivity index (χ3v) is 9.77. The van der Waals surface area contributed by atoms with Crippen molar-refractivity contribution in [1.29, 1.82) is 0 Å². The van der Waals surface area contributed by atoms with Gasteiger partial charge in [-0.15, -0.1) is 0 Å². The summed E-state index contributed by atoms with van der Waals surface area (Å²) in [6.07, 6.45) is 0.901. The van der Waals surface area contributed by atoms with Gasteiger partial charge in [-0.25, -0.2) is 4.79 Å². The SMILES string of the molecule is O=C(OCc1ccccc1)c1ccc(N2C(=O)[C@@H]3[C@H]4C[C@@H]([C@H](Br)[C@@H]4Br)[C@@H]3C2=O)cc1. The molecule has 6 atom stereocenters. The molecule has 3 aliphatic rings. The summed E-state index contributed by atoms with van der Waals surface area (Å²) in [6, 6.07) is 16.0. The topological polar surface area (TPSA) is 63.7 Å². The summed E-state index contributed by atoms with van der Waals surface area (Å²) < 4.78 is 5.35. The number of nitrogens with zero attached hydrogens (tertiary/aromatic N) is 1. The Hall–Kier alpha value is -1.99. The van der Waals surface area contributed by atoms with E-state index in [1.54, 1.807) is 24.3 Å². The van der Waals surface area contributed by atoms with Crippen molar-refractivity contribution in [2.24, 2.45) is 23.7 Å². The number of benzene rings is 2. The zero-order valence-electron chi connectivity index (χ0n) is 15.9. The molecule has 5 rings (SSSR count). The smallest absolute Gasteiger partial charge is 0.338 e. The van der Waals surface area contributed by atoms with Gasteiger partial charge in [-0.2, -0.15) is 0 Å². The molecule has 1 aliphatic heterocycles. The van der Waals surface area contributed by atoms with Gasteiger partial charge in [0.1, 0.15) is 6.61 Å². The lowest BCUT2D eigenvalue weighted by molar-refractivity contribution is -0.123. The van der Waals surface area contributed by atoms with E-state index in [4.69, 9.17) is 4.74 Å². The first kappa shape index (κ1) is 19.9. The minimum absolute atomic E-state index is 0.124. The van der Waals surface area contributed by atoms with E-state index in [1.807, 2.05) is 30.3 Å². The van der Waals surface area contributed by atoms with E-state index >= 15 is 0 Å². The highest BCUT2D eigenvalue weighted by Crippen LogP contribution is 2.60. The van der Waals surface area contributed by atoms with Gasteiger partial charge in [0.05, 0.1) is 23.1 Å². The molecule has 2 aromatic rings. The van der Waals surface area contributed by atoms with Crippen LogP contribution in [0.25, 0.3) is 0 Å². The third kappa shape index (κ3) is 3.05. The third-order valence-electron chi connectivity index (χ3n) is 6.56. The number of imide groups is 1. The molecule has 7 heteroatoms. The average molecular weight is 533 g/mol.